The number of nitrogens with one attached hydrogen (secondary N) is 3. The minimum absolute atomic E-state index is 0.0883. The van der Waals surface area contributed by atoms with Gasteiger partial charge in [0.05, 0.1) is 6.54 Å². The van der Waals surface area contributed by atoms with Gasteiger partial charge in [-0.3, -0.25) is 19.0 Å². The molecule has 0 aliphatic carbocycles. The van der Waals surface area contributed by atoms with Crippen molar-refractivity contribution in [2.24, 2.45) is 0 Å². The molecule has 0 fully saturated rings. The average Bonchev–Trinajstić information content (AvgIpc) is 3.11. The number of aromatic nitrogens is 2. The maximum absolute atomic E-state index is 12.6. The summed E-state index contributed by atoms with van der Waals surface area (Å²) in [5, 5.41) is 7.04. The van der Waals surface area contributed by atoms with Crippen molar-refractivity contribution in [2.75, 3.05) is 10.6 Å². The van der Waals surface area contributed by atoms with Crippen LogP contribution in [0.4, 0.5) is 11.4 Å². The zero-order chi connectivity index (χ0) is 19.4. The fourth-order valence-electron chi connectivity index (χ4n) is 2.45. The number of carbonyl (C=O) groups is 2. The van der Waals surface area contributed by atoms with Gasteiger partial charge in [0.25, 0.3) is 11.5 Å². The smallest absolute Gasteiger partial charge is 0.326 e. The van der Waals surface area contributed by atoms with Crippen molar-refractivity contribution in [3.05, 3.63) is 79.3 Å². The monoisotopic (exact) mass is 384 g/mol. The highest BCUT2D eigenvalue weighted by Crippen LogP contribution is 2.15. The van der Waals surface area contributed by atoms with E-state index in [1.165, 1.54) is 18.3 Å². The Morgan fingerprint density at radius 2 is 1.85 bits per heavy atom. The number of benzene rings is 1. The topological polar surface area (TPSA) is 113 Å². The van der Waals surface area contributed by atoms with Crippen LogP contribution in [0, 0.1) is 0 Å². The summed E-state index contributed by atoms with van der Waals surface area (Å²) in [5.74, 6) is -0.897. The van der Waals surface area contributed by atoms with Gasteiger partial charge >= 0.3 is 5.69 Å². The lowest BCUT2D eigenvalue weighted by molar-refractivity contribution is -0.114. The zero-order valence-electron chi connectivity index (χ0n) is 14.3. The Morgan fingerprint density at radius 3 is 2.52 bits per heavy atom. The van der Waals surface area contributed by atoms with Gasteiger partial charge in [-0.15, -0.1) is 11.3 Å². The molecule has 2 amide bonds. The molecule has 2 heterocycles. The van der Waals surface area contributed by atoms with Crippen molar-refractivity contribution in [1.29, 1.82) is 0 Å². The van der Waals surface area contributed by atoms with Crippen LogP contribution in [0.25, 0.3) is 0 Å². The fraction of sp³-hybridized carbons (Fsp3) is 0.111. The lowest BCUT2D eigenvalue weighted by Gasteiger charge is -2.09. The van der Waals surface area contributed by atoms with E-state index in [-0.39, 0.29) is 18.0 Å². The van der Waals surface area contributed by atoms with Gasteiger partial charge in [0.1, 0.15) is 5.56 Å². The largest absolute Gasteiger partial charge is 0.328 e. The second kappa shape index (κ2) is 7.83. The van der Waals surface area contributed by atoms with Crippen LogP contribution < -0.4 is 21.9 Å². The van der Waals surface area contributed by atoms with Gasteiger partial charge < -0.3 is 15.6 Å². The molecule has 2 aromatic heterocycles. The van der Waals surface area contributed by atoms with Gasteiger partial charge in [-0.05, 0) is 29.6 Å². The highest BCUT2D eigenvalue weighted by molar-refractivity contribution is 7.09. The molecule has 138 valence electrons. The number of hydrogen-bond acceptors (Lipinski definition) is 5. The van der Waals surface area contributed by atoms with Crippen molar-refractivity contribution >= 4 is 34.5 Å². The molecule has 0 saturated heterocycles. The SMILES string of the molecule is CC(=O)Nc1cccc(NC(=O)c2c[nH]c(=O)n(Cc3cccs3)c2=O)c1. The summed E-state index contributed by atoms with van der Waals surface area (Å²) in [4.78, 5) is 51.5. The predicted molar refractivity (Wildman–Crippen MR) is 103 cm³/mol. The summed E-state index contributed by atoms with van der Waals surface area (Å²) in [7, 11) is 0. The van der Waals surface area contributed by atoms with E-state index in [0.717, 1.165) is 15.6 Å². The minimum atomic E-state index is -0.678. The zero-order valence-corrected chi connectivity index (χ0v) is 15.1. The lowest BCUT2D eigenvalue weighted by atomic mass is 10.2. The molecule has 0 atom stereocenters. The van der Waals surface area contributed by atoms with Crippen molar-refractivity contribution in [1.82, 2.24) is 9.55 Å². The molecule has 3 rings (SSSR count). The number of H-pyrrole nitrogens is 1. The van der Waals surface area contributed by atoms with Crippen LogP contribution in [0.3, 0.4) is 0 Å². The van der Waals surface area contributed by atoms with E-state index in [1.54, 1.807) is 30.3 Å². The second-order valence-corrected chi connectivity index (χ2v) is 6.73. The quantitative estimate of drug-likeness (QED) is 0.623. The number of rotatable bonds is 5. The fourth-order valence-corrected chi connectivity index (χ4v) is 3.14. The van der Waals surface area contributed by atoms with E-state index >= 15 is 0 Å². The van der Waals surface area contributed by atoms with Crippen molar-refractivity contribution in [3.63, 3.8) is 0 Å². The normalized spacial score (nSPS) is 10.4. The summed E-state index contributed by atoms with van der Waals surface area (Å²) < 4.78 is 0.981. The Hall–Kier alpha value is -3.46. The van der Waals surface area contributed by atoms with Gasteiger partial charge in [-0.2, -0.15) is 0 Å². The first kappa shape index (κ1) is 18.3. The first-order valence-electron chi connectivity index (χ1n) is 7.98. The predicted octanol–water partition coefficient (Wildman–Crippen LogP) is 1.86. The summed E-state index contributed by atoms with van der Waals surface area (Å²) in [6.45, 7) is 1.46. The lowest BCUT2D eigenvalue weighted by Crippen LogP contribution is -2.39. The molecule has 0 unspecified atom stereocenters. The van der Waals surface area contributed by atoms with Crippen molar-refractivity contribution < 1.29 is 9.59 Å². The number of carbonyl (C=O) groups excluding carboxylic acids is 2. The van der Waals surface area contributed by atoms with Crippen LogP contribution in [0.1, 0.15) is 22.2 Å². The van der Waals surface area contributed by atoms with Gasteiger partial charge in [0.15, 0.2) is 0 Å². The van der Waals surface area contributed by atoms with Crippen LogP contribution in [0.5, 0.6) is 0 Å². The number of nitrogens with zero attached hydrogens (tertiary/aromatic N) is 1. The standard InChI is InChI=1S/C18H16N4O4S/c1-11(23)20-12-4-2-5-13(8-12)21-16(24)15-9-19-18(26)22(17(15)25)10-14-6-3-7-27-14/h2-9H,10H2,1H3,(H,19,26)(H,20,23)(H,21,24). The number of hydrogen-bond donors (Lipinski definition) is 3. The molecule has 0 spiro atoms. The molecule has 1 aromatic carbocycles. The first-order valence-corrected chi connectivity index (χ1v) is 8.86. The molecular weight excluding hydrogens is 368 g/mol. The van der Waals surface area contributed by atoms with E-state index in [2.05, 4.69) is 15.6 Å². The van der Waals surface area contributed by atoms with E-state index < -0.39 is 17.2 Å². The van der Waals surface area contributed by atoms with E-state index in [9.17, 15) is 19.2 Å². The van der Waals surface area contributed by atoms with Crippen LogP contribution >= 0.6 is 11.3 Å². The van der Waals surface area contributed by atoms with Crippen LogP contribution in [0.15, 0.2) is 57.6 Å². The summed E-state index contributed by atoms with van der Waals surface area (Å²) in [6, 6.07) is 10.1. The molecular formula is C18H16N4O4S. The number of amides is 2. The van der Waals surface area contributed by atoms with E-state index in [4.69, 9.17) is 0 Å². The summed E-state index contributed by atoms with van der Waals surface area (Å²) in [6.07, 6.45) is 1.10. The Balaban J connectivity index is 1.86. The number of anilines is 2. The molecule has 8 nitrogen and oxygen atoms in total. The molecule has 0 aliphatic rings. The Labute approximate surface area is 157 Å². The maximum atomic E-state index is 12.6. The summed E-state index contributed by atoms with van der Waals surface area (Å²) >= 11 is 1.41. The molecule has 0 aliphatic heterocycles. The van der Waals surface area contributed by atoms with Crippen LogP contribution in [-0.2, 0) is 11.3 Å². The molecule has 0 bridgehead atoms. The highest BCUT2D eigenvalue weighted by Gasteiger charge is 2.15. The Kier molecular flexibility index (Phi) is 5.32. The van der Waals surface area contributed by atoms with Crippen LogP contribution in [-0.4, -0.2) is 21.4 Å². The third-order valence-corrected chi connectivity index (χ3v) is 4.50. The van der Waals surface area contributed by atoms with E-state index in [1.807, 2.05) is 11.4 Å². The molecule has 27 heavy (non-hydrogen) atoms. The molecule has 3 aromatic rings. The van der Waals surface area contributed by atoms with Crippen LogP contribution in [0.2, 0.25) is 0 Å². The third-order valence-electron chi connectivity index (χ3n) is 3.64. The highest BCUT2D eigenvalue weighted by atomic mass is 32.1. The maximum Gasteiger partial charge on any atom is 0.328 e. The first-order chi connectivity index (χ1) is 12.9. The van der Waals surface area contributed by atoms with Gasteiger partial charge in [0.2, 0.25) is 5.91 Å². The Morgan fingerprint density at radius 1 is 1.11 bits per heavy atom. The van der Waals surface area contributed by atoms with Crippen molar-refractivity contribution in [3.8, 4) is 0 Å². The van der Waals surface area contributed by atoms with Gasteiger partial charge in [-0.25, -0.2) is 4.79 Å². The number of thiophene rings is 1. The average molecular weight is 384 g/mol. The third kappa shape index (κ3) is 4.39. The Bertz CT molecular complexity index is 1100. The minimum Gasteiger partial charge on any atom is -0.326 e. The molecule has 0 radical (unpaired) electrons. The molecule has 3 N–H and O–H groups in total. The van der Waals surface area contributed by atoms with Gasteiger partial charge in [0, 0.05) is 29.4 Å². The molecule has 0 saturated carbocycles. The second-order valence-electron chi connectivity index (χ2n) is 5.69. The number of aromatic amines is 1. The van der Waals surface area contributed by atoms with Crippen molar-refractivity contribution in [2.45, 2.75) is 13.5 Å². The van der Waals surface area contributed by atoms with E-state index in [0.29, 0.717) is 11.4 Å². The summed E-state index contributed by atoms with van der Waals surface area (Å²) in [5.41, 5.74) is -0.533. The molecule has 9 heteroatoms. The van der Waals surface area contributed by atoms with Gasteiger partial charge in [-0.1, -0.05) is 12.1 Å².